The second-order valence-corrected chi connectivity index (χ2v) is 5.60. The monoisotopic (exact) mass is 303 g/mol. The minimum absolute atomic E-state index is 0.0588. The second-order valence-electron chi connectivity index (χ2n) is 5.16. The van der Waals surface area contributed by atoms with Crippen molar-refractivity contribution in [2.24, 2.45) is 5.73 Å². The Kier molecular flexibility index (Phi) is 5.66. The van der Waals surface area contributed by atoms with Crippen LogP contribution in [0.2, 0.25) is 5.02 Å². The minimum atomic E-state index is -0.167. The van der Waals surface area contributed by atoms with E-state index in [4.69, 9.17) is 22.1 Å². The average molecular weight is 304 g/mol. The van der Waals surface area contributed by atoms with Crippen molar-refractivity contribution in [1.82, 2.24) is 0 Å². The fraction of sp³-hybridized carbons (Fsp3) is 0.333. The average Bonchev–Trinajstić information content (AvgIpc) is 2.53. The maximum atomic E-state index is 6.25. The Hall–Kier alpha value is -1.51. The summed E-state index contributed by atoms with van der Waals surface area (Å²) in [6, 6.07) is 15.8. The molecule has 2 aromatic rings. The van der Waals surface area contributed by atoms with Crippen molar-refractivity contribution >= 4 is 11.6 Å². The number of nitrogens with two attached hydrogens (primary N) is 1. The highest BCUT2D eigenvalue weighted by atomic mass is 35.5. The van der Waals surface area contributed by atoms with E-state index in [2.05, 4.69) is 26.0 Å². The van der Waals surface area contributed by atoms with Gasteiger partial charge in [0.1, 0.15) is 11.9 Å². The molecule has 0 aliphatic heterocycles. The van der Waals surface area contributed by atoms with Crippen LogP contribution in [0.5, 0.6) is 5.75 Å². The summed E-state index contributed by atoms with van der Waals surface area (Å²) in [5, 5.41) is 0.718. The molecule has 0 saturated heterocycles. The van der Waals surface area contributed by atoms with Crippen LogP contribution in [0.4, 0.5) is 0 Å². The van der Waals surface area contributed by atoms with Gasteiger partial charge in [0.25, 0.3) is 0 Å². The third kappa shape index (κ3) is 4.23. The molecule has 0 aliphatic carbocycles. The molecule has 0 saturated carbocycles. The van der Waals surface area contributed by atoms with Crippen molar-refractivity contribution in [2.45, 2.75) is 38.8 Å². The zero-order chi connectivity index (χ0) is 15.2. The van der Waals surface area contributed by atoms with Crippen molar-refractivity contribution in [3.05, 3.63) is 64.7 Å². The molecule has 2 aromatic carbocycles. The Balaban J connectivity index is 2.25. The van der Waals surface area contributed by atoms with E-state index in [0.29, 0.717) is 0 Å². The van der Waals surface area contributed by atoms with E-state index >= 15 is 0 Å². The first-order chi connectivity index (χ1) is 10.1. The van der Waals surface area contributed by atoms with Crippen LogP contribution in [0.1, 0.15) is 37.5 Å². The molecule has 0 amide bonds. The fourth-order valence-electron chi connectivity index (χ4n) is 2.25. The van der Waals surface area contributed by atoms with E-state index in [0.717, 1.165) is 29.2 Å². The van der Waals surface area contributed by atoms with Crippen molar-refractivity contribution in [1.29, 1.82) is 0 Å². The Bertz CT molecular complexity index is 568. The highest BCUT2D eigenvalue weighted by Crippen LogP contribution is 2.27. The van der Waals surface area contributed by atoms with Crippen LogP contribution in [0.15, 0.2) is 48.5 Å². The number of hydrogen-bond acceptors (Lipinski definition) is 2. The standard InChI is InChI=1S/C18H22ClNO/c1-3-13-6-5-7-16(12-13)21-18(17(20)4-2)14-8-10-15(19)11-9-14/h5-12,17-18H,3-4,20H2,1-2H3. The van der Waals surface area contributed by atoms with Gasteiger partial charge in [0.15, 0.2) is 0 Å². The second kappa shape index (κ2) is 7.48. The first-order valence-electron chi connectivity index (χ1n) is 7.40. The molecular formula is C18H22ClNO. The Morgan fingerprint density at radius 3 is 2.43 bits per heavy atom. The smallest absolute Gasteiger partial charge is 0.139 e. The molecule has 21 heavy (non-hydrogen) atoms. The Morgan fingerprint density at radius 1 is 1.10 bits per heavy atom. The molecule has 0 radical (unpaired) electrons. The Morgan fingerprint density at radius 2 is 1.81 bits per heavy atom. The molecule has 0 heterocycles. The van der Waals surface area contributed by atoms with Gasteiger partial charge >= 0.3 is 0 Å². The lowest BCUT2D eigenvalue weighted by atomic mass is 10.0. The molecule has 112 valence electrons. The van der Waals surface area contributed by atoms with Gasteiger partial charge in [-0.15, -0.1) is 0 Å². The summed E-state index contributed by atoms with van der Waals surface area (Å²) in [7, 11) is 0. The number of rotatable bonds is 6. The molecule has 0 aliphatic rings. The summed E-state index contributed by atoms with van der Waals surface area (Å²) < 4.78 is 6.17. The fourth-order valence-corrected chi connectivity index (χ4v) is 2.38. The largest absolute Gasteiger partial charge is 0.484 e. The van der Waals surface area contributed by atoms with Gasteiger partial charge in [0, 0.05) is 11.1 Å². The molecular weight excluding hydrogens is 282 g/mol. The third-order valence-corrected chi connectivity index (χ3v) is 3.88. The first-order valence-corrected chi connectivity index (χ1v) is 7.78. The highest BCUT2D eigenvalue weighted by Gasteiger charge is 2.20. The zero-order valence-corrected chi connectivity index (χ0v) is 13.3. The summed E-state index contributed by atoms with van der Waals surface area (Å²) in [6.45, 7) is 4.20. The third-order valence-electron chi connectivity index (χ3n) is 3.63. The van der Waals surface area contributed by atoms with E-state index in [1.807, 2.05) is 36.4 Å². The van der Waals surface area contributed by atoms with Gasteiger partial charge < -0.3 is 10.5 Å². The van der Waals surface area contributed by atoms with Crippen LogP contribution in [-0.2, 0) is 6.42 Å². The quantitative estimate of drug-likeness (QED) is 0.835. The van der Waals surface area contributed by atoms with E-state index in [1.54, 1.807) is 0 Å². The van der Waals surface area contributed by atoms with Crippen molar-refractivity contribution in [3.63, 3.8) is 0 Å². The lowest BCUT2D eigenvalue weighted by molar-refractivity contribution is 0.171. The van der Waals surface area contributed by atoms with Crippen molar-refractivity contribution in [3.8, 4) is 5.75 Å². The Labute approximate surface area is 131 Å². The molecule has 2 atom stereocenters. The summed E-state index contributed by atoms with van der Waals surface area (Å²) in [5.41, 5.74) is 8.56. The van der Waals surface area contributed by atoms with Gasteiger partial charge in [-0.3, -0.25) is 0 Å². The first kappa shape index (κ1) is 15.9. The minimum Gasteiger partial charge on any atom is -0.484 e. The van der Waals surface area contributed by atoms with Gasteiger partial charge in [-0.05, 0) is 48.2 Å². The van der Waals surface area contributed by atoms with Gasteiger partial charge in [0.2, 0.25) is 0 Å². The summed E-state index contributed by atoms with van der Waals surface area (Å²) in [5.74, 6) is 0.859. The van der Waals surface area contributed by atoms with Crippen LogP contribution >= 0.6 is 11.6 Å². The lowest BCUT2D eigenvalue weighted by Gasteiger charge is -2.25. The van der Waals surface area contributed by atoms with Crippen LogP contribution in [0.3, 0.4) is 0 Å². The number of benzene rings is 2. The van der Waals surface area contributed by atoms with E-state index in [9.17, 15) is 0 Å². The van der Waals surface area contributed by atoms with Crippen molar-refractivity contribution < 1.29 is 4.74 Å². The summed E-state index contributed by atoms with van der Waals surface area (Å²) in [4.78, 5) is 0. The summed E-state index contributed by atoms with van der Waals surface area (Å²) in [6.07, 6.45) is 1.67. The maximum absolute atomic E-state index is 6.25. The summed E-state index contributed by atoms with van der Waals surface area (Å²) >= 11 is 5.96. The van der Waals surface area contributed by atoms with Gasteiger partial charge in [-0.2, -0.15) is 0 Å². The van der Waals surface area contributed by atoms with Crippen LogP contribution in [0, 0.1) is 0 Å². The molecule has 0 aromatic heterocycles. The lowest BCUT2D eigenvalue weighted by Crippen LogP contribution is -2.31. The topological polar surface area (TPSA) is 35.2 Å². The molecule has 3 heteroatoms. The molecule has 0 spiro atoms. The maximum Gasteiger partial charge on any atom is 0.139 e. The van der Waals surface area contributed by atoms with E-state index < -0.39 is 0 Å². The molecule has 2 N–H and O–H groups in total. The van der Waals surface area contributed by atoms with Crippen LogP contribution in [-0.4, -0.2) is 6.04 Å². The van der Waals surface area contributed by atoms with E-state index in [1.165, 1.54) is 5.56 Å². The molecule has 2 nitrogen and oxygen atoms in total. The molecule has 0 bridgehead atoms. The predicted octanol–water partition coefficient (Wildman–Crippen LogP) is 4.76. The number of halogens is 1. The van der Waals surface area contributed by atoms with Crippen LogP contribution < -0.4 is 10.5 Å². The molecule has 2 rings (SSSR count). The zero-order valence-electron chi connectivity index (χ0n) is 12.6. The normalized spacial score (nSPS) is 13.7. The van der Waals surface area contributed by atoms with Gasteiger partial charge in [-0.1, -0.05) is 49.7 Å². The van der Waals surface area contributed by atoms with Crippen LogP contribution in [0.25, 0.3) is 0 Å². The van der Waals surface area contributed by atoms with Crippen molar-refractivity contribution in [2.75, 3.05) is 0 Å². The SMILES string of the molecule is CCc1cccc(OC(c2ccc(Cl)cc2)C(N)CC)c1. The molecule has 2 unspecified atom stereocenters. The highest BCUT2D eigenvalue weighted by molar-refractivity contribution is 6.30. The number of ether oxygens (including phenoxy) is 1. The van der Waals surface area contributed by atoms with Gasteiger partial charge in [-0.25, -0.2) is 0 Å². The predicted molar refractivity (Wildman–Crippen MR) is 88.9 cm³/mol. The number of aryl methyl sites for hydroxylation is 1. The van der Waals surface area contributed by atoms with Gasteiger partial charge in [0.05, 0.1) is 0 Å². The number of hydrogen-bond donors (Lipinski definition) is 1. The van der Waals surface area contributed by atoms with E-state index in [-0.39, 0.29) is 12.1 Å². The molecule has 0 fully saturated rings.